The molecule has 0 radical (unpaired) electrons. The molecule has 3 rings (SSSR count). The molecule has 3 nitrogen and oxygen atoms in total. The minimum Gasteiger partial charge on any atom is -0.383 e. The number of benzene rings is 1. The van der Waals surface area contributed by atoms with Gasteiger partial charge in [0.2, 0.25) is 0 Å². The summed E-state index contributed by atoms with van der Waals surface area (Å²) < 4.78 is 1.80. The number of aromatic nitrogens is 2. The monoisotopic (exact) mass is 303 g/mol. The highest BCUT2D eigenvalue weighted by Crippen LogP contribution is 2.44. The minimum absolute atomic E-state index is 0.128. The molecule has 112 valence electrons. The van der Waals surface area contributed by atoms with Gasteiger partial charge in [0, 0.05) is 23.0 Å². The number of nitrogens with two attached hydrogens (primary N) is 1. The van der Waals surface area contributed by atoms with E-state index in [0.29, 0.717) is 0 Å². The predicted molar refractivity (Wildman–Crippen MR) is 88.5 cm³/mol. The van der Waals surface area contributed by atoms with Crippen molar-refractivity contribution in [2.75, 3.05) is 5.73 Å². The van der Waals surface area contributed by atoms with Gasteiger partial charge in [0.05, 0.1) is 5.69 Å². The summed E-state index contributed by atoms with van der Waals surface area (Å²) in [5.41, 5.74) is 9.76. The summed E-state index contributed by atoms with van der Waals surface area (Å²) in [6.07, 6.45) is 6.24. The minimum atomic E-state index is 0.128. The van der Waals surface area contributed by atoms with Gasteiger partial charge in [-0.25, -0.2) is 0 Å². The Morgan fingerprint density at radius 2 is 1.76 bits per heavy atom. The average Bonchev–Trinajstić information content (AvgIpc) is 2.78. The van der Waals surface area contributed by atoms with E-state index in [1.165, 1.54) is 32.1 Å². The number of halogens is 1. The maximum atomic E-state index is 6.31. The number of hydrogen-bond acceptors (Lipinski definition) is 2. The van der Waals surface area contributed by atoms with Crippen LogP contribution in [-0.4, -0.2) is 9.78 Å². The first-order chi connectivity index (χ1) is 10.0. The lowest BCUT2D eigenvalue weighted by Crippen LogP contribution is -2.26. The van der Waals surface area contributed by atoms with Crippen molar-refractivity contribution in [3.8, 4) is 11.1 Å². The summed E-state index contributed by atoms with van der Waals surface area (Å²) in [5, 5.41) is 5.51. The van der Waals surface area contributed by atoms with Crippen molar-refractivity contribution in [1.82, 2.24) is 9.78 Å². The third kappa shape index (κ3) is 2.55. The molecule has 0 bridgehead atoms. The van der Waals surface area contributed by atoms with Crippen molar-refractivity contribution in [2.45, 2.75) is 44.4 Å². The first-order valence-corrected chi connectivity index (χ1v) is 7.98. The standard InChI is InChI=1S/C17H22ClN3/c1-17(10-4-3-5-11-17)15-14(16(19)21(2)20-15)12-6-8-13(18)9-7-12/h6-9H,3-5,10-11,19H2,1-2H3. The highest BCUT2D eigenvalue weighted by Gasteiger charge is 2.35. The van der Waals surface area contributed by atoms with Crippen molar-refractivity contribution < 1.29 is 0 Å². The number of hydrogen-bond donors (Lipinski definition) is 1. The maximum Gasteiger partial charge on any atom is 0.129 e. The van der Waals surface area contributed by atoms with Crippen LogP contribution in [0.5, 0.6) is 0 Å². The van der Waals surface area contributed by atoms with E-state index < -0.39 is 0 Å². The van der Waals surface area contributed by atoms with Crippen LogP contribution < -0.4 is 5.73 Å². The molecule has 0 amide bonds. The van der Waals surface area contributed by atoms with Crippen LogP contribution in [0.1, 0.15) is 44.7 Å². The van der Waals surface area contributed by atoms with Crippen LogP contribution in [0.4, 0.5) is 5.82 Å². The second-order valence-electron chi connectivity index (χ2n) is 6.36. The molecule has 1 heterocycles. The van der Waals surface area contributed by atoms with E-state index in [9.17, 15) is 0 Å². The Morgan fingerprint density at radius 1 is 1.14 bits per heavy atom. The lowest BCUT2D eigenvalue weighted by molar-refractivity contribution is 0.311. The second-order valence-corrected chi connectivity index (χ2v) is 6.80. The number of nitrogen functional groups attached to an aromatic ring is 1. The Morgan fingerprint density at radius 3 is 2.38 bits per heavy atom. The van der Waals surface area contributed by atoms with Gasteiger partial charge in [-0.15, -0.1) is 0 Å². The van der Waals surface area contributed by atoms with Gasteiger partial charge >= 0.3 is 0 Å². The Labute approximate surface area is 131 Å². The first kappa shape index (κ1) is 14.5. The smallest absolute Gasteiger partial charge is 0.129 e. The number of anilines is 1. The highest BCUT2D eigenvalue weighted by atomic mass is 35.5. The van der Waals surface area contributed by atoms with Gasteiger partial charge in [-0.05, 0) is 30.5 Å². The van der Waals surface area contributed by atoms with E-state index in [1.807, 2.05) is 31.3 Å². The number of aryl methyl sites for hydroxylation is 1. The molecule has 1 aromatic carbocycles. The van der Waals surface area contributed by atoms with Crippen molar-refractivity contribution >= 4 is 17.4 Å². The van der Waals surface area contributed by atoms with Gasteiger partial charge in [-0.2, -0.15) is 5.10 Å². The SMILES string of the molecule is Cn1nc(C2(C)CCCCC2)c(-c2ccc(Cl)cc2)c1N. The molecule has 0 spiro atoms. The molecule has 4 heteroatoms. The summed E-state index contributed by atoms with van der Waals surface area (Å²) in [4.78, 5) is 0. The predicted octanol–water partition coefficient (Wildman–Crippen LogP) is 4.54. The third-order valence-electron chi connectivity index (χ3n) is 4.75. The topological polar surface area (TPSA) is 43.8 Å². The third-order valence-corrected chi connectivity index (χ3v) is 5.01. The van der Waals surface area contributed by atoms with E-state index in [1.54, 1.807) is 4.68 Å². The number of nitrogens with zero attached hydrogens (tertiary/aromatic N) is 2. The molecule has 2 aromatic rings. The molecule has 0 aliphatic heterocycles. The fourth-order valence-corrected chi connectivity index (χ4v) is 3.56. The summed E-state index contributed by atoms with van der Waals surface area (Å²) in [5.74, 6) is 0.735. The van der Waals surface area contributed by atoms with E-state index in [-0.39, 0.29) is 5.41 Å². The Kier molecular flexibility index (Phi) is 3.70. The molecule has 21 heavy (non-hydrogen) atoms. The summed E-state index contributed by atoms with van der Waals surface area (Å²) in [6, 6.07) is 7.89. The van der Waals surface area contributed by atoms with Crippen molar-refractivity contribution in [3.05, 3.63) is 35.0 Å². The normalized spacial score (nSPS) is 17.9. The van der Waals surface area contributed by atoms with E-state index in [2.05, 4.69) is 6.92 Å². The molecule has 0 atom stereocenters. The molecule has 1 aliphatic carbocycles. The molecule has 0 unspecified atom stereocenters. The Bertz CT molecular complexity index is 637. The lowest BCUT2D eigenvalue weighted by atomic mass is 9.72. The van der Waals surface area contributed by atoms with E-state index in [0.717, 1.165) is 27.7 Å². The molecule has 1 aliphatic rings. The van der Waals surface area contributed by atoms with E-state index >= 15 is 0 Å². The summed E-state index contributed by atoms with van der Waals surface area (Å²) in [6.45, 7) is 2.33. The van der Waals surface area contributed by atoms with Crippen LogP contribution >= 0.6 is 11.6 Å². The zero-order chi connectivity index (χ0) is 15.0. The zero-order valence-corrected chi connectivity index (χ0v) is 13.5. The largest absolute Gasteiger partial charge is 0.383 e. The van der Waals surface area contributed by atoms with E-state index in [4.69, 9.17) is 22.4 Å². The average molecular weight is 304 g/mol. The molecule has 1 saturated carbocycles. The van der Waals surface area contributed by atoms with Gasteiger partial charge in [0.15, 0.2) is 0 Å². The molecule has 0 saturated heterocycles. The van der Waals surface area contributed by atoms with Crippen molar-refractivity contribution in [3.63, 3.8) is 0 Å². The van der Waals surface area contributed by atoms with Crippen LogP contribution in [-0.2, 0) is 12.5 Å². The fourth-order valence-electron chi connectivity index (χ4n) is 3.43. The van der Waals surface area contributed by atoms with Gasteiger partial charge in [0.1, 0.15) is 5.82 Å². The van der Waals surface area contributed by atoms with Crippen LogP contribution in [0, 0.1) is 0 Å². The summed E-state index contributed by atoms with van der Waals surface area (Å²) in [7, 11) is 1.92. The fraction of sp³-hybridized carbons (Fsp3) is 0.471. The number of rotatable bonds is 2. The highest BCUT2D eigenvalue weighted by molar-refractivity contribution is 6.30. The quantitative estimate of drug-likeness (QED) is 0.885. The van der Waals surface area contributed by atoms with Crippen LogP contribution in [0.25, 0.3) is 11.1 Å². The van der Waals surface area contributed by atoms with Crippen molar-refractivity contribution in [2.24, 2.45) is 7.05 Å². The van der Waals surface area contributed by atoms with Crippen LogP contribution in [0.3, 0.4) is 0 Å². The molecule has 1 fully saturated rings. The van der Waals surface area contributed by atoms with Gasteiger partial charge in [-0.3, -0.25) is 4.68 Å². The van der Waals surface area contributed by atoms with Gasteiger partial charge in [-0.1, -0.05) is 49.9 Å². The Balaban J connectivity index is 2.13. The molecule has 1 aromatic heterocycles. The molecular formula is C17H22ClN3. The molecule has 2 N–H and O–H groups in total. The second kappa shape index (κ2) is 5.38. The van der Waals surface area contributed by atoms with Crippen molar-refractivity contribution in [1.29, 1.82) is 0 Å². The Hall–Kier alpha value is -1.48. The summed E-state index contributed by atoms with van der Waals surface area (Å²) >= 11 is 6.01. The first-order valence-electron chi connectivity index (χ1n) is 7.60. The van der Waals surface area contributed by atoms with Crippen LogP contribution in [0.2, 0.25) is 5.02 Å². The van der Waals surface area contributed by atoms with Gasteiger partial charge in [0.25, 0.3) is 0 Å². The molecular weight excluding hydrogens is 282 g/mol. The van der Waals surface area contributed by atoms with Gasteiger partial charge < -0.3 is 5.73 Å². The maximum absolute atomic E-state index is 6.31. The van der Waals surface area contributed by atoms with Crippen LogP contribution in [0.15, 0.2) is 24.3 Å². The zero-order valence-electron chi connectivity index (χ0n) is 12.7. The lowest BCUT2D eigenvalue weighted by Gasteiger charge is -2.33.